The smallest absolute Gasteiger partial charge is 0.132 e. The molecule has 4 heteroatoms. The Labute approximate surface area is 117 Å². The standard InChI is InChI=1S/C16H16FNO2/c1-2-5-11-10-12(8-9-15(11)19)16(18-20)13-6-3-4-7-14(13)17/h3-4,6-10,19-20H,2,5H2,1H3. The first-order chi connectivity index (χ1) is 9.67. The monoisotopic (exact) mass is 273 g/mol. The van der Waals surface area contributed by atoms with Gasteiger partial charge in [-0.3, -0.25) is 0 Å². The fourth-order valence-electron chi connectivity index (χ4n) is 2.12. The number of hydrogen-bond donors (Lipinski definition) is 2. The molecular weight excluding hydrogens is 257 g/mol. The van der Waals surface area contributed by atoms with Gasteiger partial charge >= 0.3 is 0 Å². The number of phenols is 1. The fraction of sp³-hybridized carbons (Fsp3) is 0.188. The SMILES string of the molecule is CCCc1cc(C(=NO)c2ccccc2F)ccc1O. The average Bonchev–Trinajstić information content (AvgIpc) is 2.45. The average molecular weight is 273 g/mol. The molecule has 0 saturated heterocycles. The Hall–Kier alpha value is -2.36. The minimum atomic E-state index is -0.453. The maximum atomic E-state index is 13.8. The number of oxime groups is 1. The van der Waals surface area contributed by atoms with E-state index in [1.807, 2.05) is 6.92 Å². The van der Waals surface area contributed by atoms with Crippen LogP contribution >= 0.6 is 0 Å². The van der Waals surface area contributed by atoms with Crippen molar-refractivity contribution in [2.24, 2.45) is 5.16 Å². The third-order valence-electron chi connectivity index (χ3n) is 3.10. The topological polar surface area (TPSA) is 52.8 Å². The number of halogens is 1. The van der Waals surface area contributed by atoms with Crippen molar-refractivity contribution in [3.05, 3.63) is 65.0 Å². The Morgan fingerprint density at radius 2 is 1.95 bits per heavy atom. The van der Waals surface area contributed by atoms with Crippen LogP contribution < -0.4 is 0 Å². The van der Waals surface area contributed by atoms with Gasteiger partial charge in [-0.2, -0.15) is 0 Å². The molecule has 2 N–H and O–H groups in total. The summed E-state index contributed by atoms with van der Waals surface area (Å²) < 4.78 is 13.8. The molecule has 0 amide bonds. The lowest BCUT2D eigenvalue weighted by Crippen LogP contribution is -2.06. The number of rotatable bonds is 4. The number of nitrogens with zero attached hydrogens (tertiary/aromatic N) is 1. The van der Waals surface area contributed by atoms with Crippen LogP contribution in [0.25, 0.3) is 0 Å². The molecule has 2 rings (SSSR count). The van der Waals surface area contributed by atoms with Crippen LogP contribution in [0.1, 0.15) is 30.0 Å². The zero-order valence-corrected chi connectivity index (χ0v) is 11.2. The molecule has 0 saturated carbocycles. The van der Waals surface area contributed by atoms with Crippen LogP contribution in [-0.4, -0.2) is 16.0 Å². The molecule has 0 aromatic heterocycles. The summed E-state index contributed by atoms with van der Waals surface area (Å²) in [6.07, 6.45) is 1.58. The molecule has 0 aliphatic carbocycles. The summed E-state index contributed by atoms with van der Waals surface area (Å²) in [5.74, 6) is -0.258. The van der Waals surface area contributed by atoms with E-state index in [-0.39, 0.29) is 17.0 Å². The Morgan fingerprint density at radius 1 is 1.20 bits per heavy atom. The van der Waals surface area contributed by atoms with Crippen molar-refractivity contribution >= 4 is 5.71 Å². The molecule has 0 spiro atoms. The summed E-state index contributed by atoms with van der Waals surface area (Å²) in [4.78, 5) is 0. The van der Waals surface area contributed by atoms with Crippen LogP contribution in [0.5, 0.6) is 5.75 Å². The number of aryl methyl sites for hydroxylation is 1. The highest BCUT2D eigenvalue weighted by Crippen LogP contribution is 2.23. The third kappa shape index (κ3) is 2.79. The van der Waals surface area contributed by atoms with Gasteiger partial charge in [-0.15, -0.1) is 0 Å². The van der Waals surface area contributed by atoms with Crippen LogP contribution in [0.2, 0.25) is 0 Å². The lowest BCUT2D eigenvalue weighted by atomic mass is 9.98. The largest absolute Gasteiger partial charge is 0.508 e. The molecule has 0 fully saturated rings. The third-order valence-corrected chi connectivity index (χ3v) is 3.10. The predicted octanol–water partition coefficient (Wildman–Crippen LogP) is 3.71. The molecule has 2 aromatic rings. The van der Waals surface area contributed by atoms with Crippen molar-refractivity contribution in [1.29, 1.82) is 0 Å². The maximum absolute atomic E-state index is 13.8. The van der Waals surface area contributed by atoms with Gasteiger partial charge in [0.1, 0.15) is 17.3 Å². The summed E-state index contributed by atoms with van der Waals surface area (Å²) in [5, 5.41) is 22.2. The highest BCUT2D eigenvalue weighted by molar-refractivity contribution is 6.12. The summed E-state index contributed by atoms with van der Waals surface area (Å²) in [7, 11) is 0. The van der Waals surface area contributed by atoms with Crippen LogP contribution in [0.15, 0.2) is 47.6 Å². The zero-order valence-electron chi connectivity index (χ0n) is 11.2. The highest BCUT2D eigenvalue weighted by atomic mass is 19.1. The minimum absolute atomic E-state index is 0.153. The van der Waals surface area contributed by atoms with E-state index in [0.29, 0.717) is 12.0 Å². The summed E-state index contributed by atoms with van der Waals surface area (Å²) in [6, 6.07) is 11.0. The van der Waals surface area contributed by atoms with Crippen LogP contribution in [0.3, 0.4) is 0 Å². The van der Waals surface area contributed by atoms with Gasteiger partial charge in [0.2, 0.25) is 0 Å². The van der Waals surface area contributed by atoms with Crippen LogP contribution in [0.4, 0.5) is 4.39 Å². The van der Waals surface area contributed by atoms with Gasteiger partial charge in [0.15, 0.2) is 0 Å². The number of aromatic hydroxyl groups is 1. The van der Waals surface area contributed by atoms with Crippen LogP contribution in [-0.2, 0) is 6.42 Å². The normalized spacial score (nSPS) is 11.6. The fourth-order valence-corrected chi connectivity index (χ4v) is 2.12. The van der Waals surface area contributed by atoms with E-state index in [1.54, 1.807) is 30.3 Å². The van der Waals surface area contributed by atoms with Crippen molar-refractivity contribution in [1.82, 2.24) is 0 Å². The van der Waals surface area contributed by atoms with Crippen molar-refractivity contribution in [2.45, 2.75) is 19.8 Å². The molecule has 0 radical (unpaired) electrons. The quantitative estimate of drug-likeness (QED) is 0.507. The summed E-state index contributed by atoms with van der Waals surface area (Å²) in [6.45, 7) is 2.00. The molecule has 0 heterocycles. The van der Waals surface area contributed by atoms with Crippen molar-refractivity contribution < 1.29 is 14.7 Å². The lowest BCUT2D eigenvalue weighted by Gasteiger charge is -2.09. The number of benzene rings is 2. The van der Waals surface area contributed by atoms with Gasteiger partial charge in [0.25, 0.3) is 0 Å². The highest BCUT2D eigenvalue weighted by Gasteiger charge is 2.14. The molecule has 0 unspecified atom stereocenters. The first-order valence-electron chi connectivity index (χ1n) is 6.46. The molecular formula is C16H16FNO2. The van der Waals surface area contributed by atoms with Gasteiger partial charge in [-0.05, 0) is 42.3 Å². The Bertz CT molecular complexity index is 638. The molecule has 0 aliphatic heterocycles. The summed E-state index contributed by atoms with van der Waals surface area (Å²) >= 11 is 0. The minimum Gasteiger partial charge on any atom is -0.508 e. The molecule has 3 nitrogen and oxygen atoms in total. The molecule has 0 aliphatic rings. The Kier molecular flexibility index (Phi) is 4.35. The van der Waals surface area contributed by atoms with E-state index in [0.717, 1.165) is 12.0 Å². The second-order valence-electron chi connectivity index (χ2n) is 4.52. The van der Waals surface area contributed by atoms with Gasteiger partial charge in [0.05, 0.1) is 0 Å². The van der Waals surface area contributed by atoms with E-state index in [2.05, 4.69) is 5.16 Å². The predicted molar refractivity (Wildman–Crippen MR) is 75.9 cm³/mol. The van der Waals surface area contributed by atoms with Gasteiger partial charge in [-0.25, -0.2) is 4.39 Å². The molecule has 2 aromatic carbocycles. The summed E-state index contributed by atoms with van der Waals surface area (Å²) in [5.41, 5.74) is 1.70. The lowest BCUT2D eigenvalue weighted by molar-refractivity contribution is 0.319. The van der Waals surface area contributed by atoms with Crippen molar-refractivity contribution in [2.75, 3.05) is 0 Å². The Morgan fingerprint density at radius 3 is 2.60 bits per heavy atom. The van der Waals surface area contributed by atoms with Gasteiger partial charge < -0.3 is 10.3 Å². The molecule has 104 valence electrons. The van der Waals surface area contributed by atoms with E-state index >= 15 is 0 Å². The van der Waals surface area contributed by atoms with Crippen LogP contribution in [0, 0.1) is 5.82 Å². The zero-order chi connectivity index (χ0) is 14.5. The number of hydrogen-bond acceptors (Lipinski definition) is 3. The van der Waals surface area contributed by atoms with Gasteiger partial charge in [-0.1, -0.05) is 30.6 Å². The van der Waals surface area contributed by atoms with E-state index in [9.17, 15) is 14.7 Å². The van der Waals surface area contributed by atoms with Gasteiger partial charge in [0, 0.05) is 11.1 Å². The number of phenolic OH excluding ortho intramolecular Hbond substituents is 1. The Balaban J connectivity index is 2.48. The van der Waals surface area contributed by atoms with E-state index in [1.165, 1.54) is 12.1 Å². The molecule has 20 heavy (non-hydrogen) atoms. The second kappa shape index (κ2) is 6.19. The first-order valence-corrected chi connectivity index (χ1v) is 6.46. The maximum Gasteiger partial charge on any atom is 0.132 e. The van der Waals surface area contributed by atoms with Crippen molar-refractivity contribution in [3.63, 3.8) is 0 Å². The molecule has 0 bridgehead atoms. The van der Waals surface area contributed by atoms with Crippen molar-refractivity contribution in [3.8, 4) is 5.75 Å². The molecule has 0 atom stereocenters. The second-order valence-corrected chi connectivity index (χ2v) is 4.52. The van der Waals surface area contributed by atoms with E-state index < -0.39 is 5.82 Å². The van der Waals surface area contributed by atoms with E-state index in [4.69, 9.17) is 0 Å². The first kappa shape index (κ1) is 14.1.